The van der Waals surface area contributed by atoms with Crippen LogP contribution in [0.15, 0.2) is 36.7 Å². The molecule has 1 heterocycles. The highest BCUT2D eigenvalue weighted by molar-refractivity contribution is 5.93. The number of anilines is 2. The average molecular weight is 324 g/mol. The Balaban J connectivity index is 1.74. The Kier molecular flexibility index (Phi) is 5.08. The molecule has 0 radical (unpaired) electrons. The summed E-state index contributed by atoms with van der Waals surface area (Å²) in [7, 11) is 0. The van der Waals surface area contributed by atoms with Gasteiger partial charge in [-0.2, -0.15) is 0 Å². The summed E-state index contributed by atoms with van der Waals surface area (Å²) in [6.07, 6.45) is 5.93. The zero-order valence-corrected chi connectivity index (χ0v) is 14.2. The van der Waals surface area contributed by atoms with Crippen LogP contribution in [0.5, 0.6) is 0 Å². The second-order valence-corrected chi connectivity index (χ2v) is 6.61. The summed E-state index contributed by atoms with van der Waals surface area (Å²) in [5.41, 5.74) is 2.63. The Hall–Kier alpha value is -2.43. The molecule has 1 aromatic carbocycles. The van der Waals surface area contributed by atoms with E-state index in [-0.39, 0.29) is 11.9 Å². The lowest BCUT2D eigenvalue weighted by atomic mass is 10.0. The lowest BCUT2D eigenvalue weighted by Crippen LogP contribution is -2.33. The van der Waals surface area contributed by atoms with Gasteiger partial charge in [-0.25, -0.2) is 9.97 Å². The van der Waals surface area contributed by atoms with Crippen LogP contribution in [-0.4, -0.2) is 21.9 Å². The topological polar surface area (TPSA) is 66.9 Å². The molecule has 1 aromatic heterocycles. The minimum atomic E-state index is -0.121. The summed E-state index contributed by atoms with van der Waals surface area (Å²) in [6, 6.07) is 10.1. The van der Waals surface area contributed by atoms with Gasteiger partial charge in [-0.1, -0.05) is 44.9 Å². The predicted octanol–water partition coefficient (Wildman–Crippen LogP) is 4.02. The van der Waals surface area contributed by atoms with E-state index in [0.717, 1.165) is 18.5 Å². The fraction of sp³-hybridized carbons (Fsp3) is 0.421. The second-order valence-electron chi connectivity index (χ2n) is 6.61. The van der Waals surface area contributed by atoms with E-state index in [4.69, 9.17) is 0 Å². The number of hydrogen-bond acceptors (Lipinski definition) is 4. The van der Waals surface area contributed by atoms with Gasteiger partial charge >= 0.3 is 0 Å². The maximum Gasteiger partial charge on any atom is 0.270 e. The molecule has 2 N–H and O–H groups in total. The minimum Gasteiger partial charge on any atom is -0.348 e. The van der Waals surface area contributed by atoms with E-state index < -0.39 is 0 Å². The van der Waals surface area contributed by atoms with Gasteiger partial charge in [-0.15, -0.1) is 0 Å². The van der Waals surface area contributed by atoms with Crippen molar-refractivity contribution in [3.8, 4) is 0 Å². The molecule has 1 aliphatic carbocycles. The number of nitrogens with one attached hydrogen (secondary N) is 2. The van der Waals surface area contributed by atoms with Crippen molar-refractivity contribution < 1.29 is 4.79 Å². The Labute approximate surface area is 142 Å². The van der Waals surface area contributed by atoms with Gasteiger partial charge in [0.05, 0.1) is 0 Å². The third kappa shape index (κ3) is 3.91. The molecule has 0 bridgehead atoms. The largest absolute Gasteiger partial charge is 0.348 e. The molecule has 1 amide bonds. The fourth-order valence-electron chi connectivity index (χ4n) is 3.13. The highest BCUT2D eigenvalue weighted by Gasteiger charge is 2.19. The summed E-state index contributed by atoms with van der Waals surface area (Å²) in [6.45, 7) is 4.31. The Morgan fingerprint density at radius 1 is 1.17 bits per heavy atom. The number of para-hydroxylation sites is 1. The van der Waals surface area contributed by atoms with E-state index in [1.54, 1.807) is 6.07 Å². The minimum absolute atomic E-state index is 0.121. The van der Waals surface area contributed by atoms with E-state index >= 15 is 0 Å². The molecule has 5 heteroatoms. The van der Waals surface area contributed by atoms with E-state index in [1.807, 2.05) is 18.2 Å². The van der Waals surface area contributed by atoms with Crippen LogP contribution in [0, 0.1) is 0 Å². The maximum atomic E-state index is 12.4. The number of rotatable bonds is 5. The average Bonchev–Trinajstić information content (AvgIpc) is 3.08. The third-order valence-electron chi connectivity index (χ3n) is 4.44. The van der Waals surface area contributed by atoms with Gasteiger partial charge in [0.2, 0.25) is 0 Å². The molecule has 1 saturated carbocycles. The summed E-state index contributed by atoms with van der Waals surface area (Å²) in [5, 5.41) is 6.37. The molecule has 5 nitrogen and oxygen atoms in total. The molecular formula is C19H24N4O. The molecule has 1 aliphatic rings. The summed E-state index contributed by atoms with van der Waals surface area (Å²) >= 11 is 0. The lowest BCUT2D eigenvalue weighted by Gasteiger charge is -2.15. The molecule has 3 rings (SSSR count). The molecule has 0 spiro atoms. The predicted molar refractivity (Wildman–Crippen MR) is 95.6 cm³/mol. The van der Waals surface area contributed by atoms with Crippen molar-refractivity contribution in [2.75, 3.05) is 5.32 Å². The lowest BCUT2D eigenvalue weighted by molar-refractivity contribution is 0.0932. The van der Waals surface area contributed by atoms with Gasteiger partial charge in [0, 0.05) is 17.8 Å². The Morgan fingerprint density at radius 2 is 1.92 bits per heavy atom. The van der Waals surface area contributed by atoms with Gasteiger partial charge in [-0.3, -0.25) is 4.79 Å². The first kappa shape index (κ1) is 16.4. The van der Waals surface area contributed by atoms with Crippen molar-refractivity contribution in [3.05, 3.63) is 47.9 Å². The SMILES string of the molecule is CC(C)c1ccccc1Nc1cc(C(=O)NC2CCCC2)ncn1. The first-order valence-electron chi connectivity index (χ1n) is 8.62. The highest BCUT2D eigenvalue weighted by Crippen LogP contribution is 2.26. The van der Waals surface area contributed by atoms with Crippen LogP contribution in [0.1, 0.15) is 61.5 Å². The smallest absolute Gasteiger partial charge is 0.270 e. The molecule has 0 aliphatic heterocycles. The summed E-state index contributed by atoms with van der Waals surface area (Å²) in [4.78, 5) is 20.7. The second kappa shape index (κ2) is 7.43. The molecule has 0 saturated heterocycles. The zero-order chi connectivity index (χ0) is 16.9. The first-order valence-corrected chi connectivity index (χ1v) is 8.62. The van der Waals surface area contributed by atoms with Crippen molar-refractivity contribution >= 4 is 17.4 Å². The molecule has 24 heavy (non-hydrogen) atoms. The standard InChI is InChI=1S/C19H24N4O/c1-13(2)15-9-5-6-10-16(15)23-18-11-17(20-12-21-18)19(24)22-14-7-3-4-8-14/h5-6,9-14H,3-4,7-8H2,1-2H3,(H,22,24)(H,20,21,23). The number of carbonyl (C=O) groups excluding carboxylic acids is 1. The monoisotopic (exact) mass is 324 g/mol. The van der Waals surface area contributed by atoms with Crippen molar-refractivity contribution in [3.63, 3.8) is 0 Å². The van der Waals surface area contributed by atoms with Gasteiger partial charge in [0.15, 0.2) is 0 Å². The van der Waals surface area contributed by atoms with Crippen LogP contribution in [0.25, 0.3) is 0 Å². The van der Waals surface area contributed by atoms with Crippen molar-refractivity contribution in [2.24, 2.45) is 0 Å². The number of nitrogens with zero attached hydrogens (tertiary/aromatic N) is 2. The molecule has 0 atom stereocenters. The van der Waals surface area contributed by atoms with Gasteiger partial charge in [-0.05, 0) is 30.4 Å². The van der Waals surface area contributed by atoms with Crippen molar-refractivity contribution in [1.82, 2.24) is 15.3 Å². The summed E-state index contributed by atoms with van der Waals surface area (Å²) in [5.74, 6) is 0.917. The number of hydrogen-bond donors (Lipinski definition) is 2. The zero-order valence-electron chi connectivity index (χ0n) is 14.2. The molecule has 126 valence electrons. The van der Waals surface area contributed by atoms with Crippen molar-refractivity contribution in [2.45, 2.75) is 51.5 Å². The van der Waals surface area contributed by atoms with E-state index in [9.17, 15) is 4.79 Å². The third-order valence-corrected chi connectivity index (χ3v) is 4.44. The molecular weight excluding hydrogens is 300 g/mol. The van der Waals surface area contributed by atoms with Crippen LogP contribution in [0.3, 0.4) is 0 Å². The van der Waals surface area contributed by atoms with Crippen LogP contribution in [0.2, 0.25) is 0 Å². The van der Waals surface area contributed by atoms with Crippen molar-refractivity contribution in [1.29, 1.82) is 0 Å². The van der Waals surface area contributed by atoms with Gasteiger partial charge < -0.3 is 10.6 Å². The quantitative estimate of drug-likeness (QED) is 0.872. The highest BCUT2D eigenvalue weighted by atomic mass is 16.1. The molecule has 1 fully saturated rings. The Morgan fingerprint density at radius 3 is 2.67 bits per heavy atom. The number of benzene rings is 1. The Bertz CT molecular complexity index is 708. The van der Waals surface area contributed by atoms with E-state index in [2.05, 4.69) is 40.5 Å². The maximum absolute atomic E-state index is 12.4. The number of carbonyl (C=O) groups is 1. The van der Waals surface area contributed by atoms with Crippen LogP contribution in [0.4, 0.5) is 11.5 Å². The normalized spacial score (nSPS) is 14.8. The first-order chi connectivity index (χ1) is 11.6. The van der Waals surface area contributed by atoms with Crippen LogP contribution in [-0.2, 0) is 0 Å². The van der Waals surface area contributed by atoms with E-state index in [0.29, 0.717) is 17.4 Å². The molecule has 2 aromatic rings. The fourth-order valence-corrected chi connectivity index (χ4v) is 3.13. The van der Waals surface area contributed by atoms with E-state index in [1.165, 1.54) is 24.7 Å². The van der Waals surface area contributed by atoms with Gasteiger partial charge in [0.25, 0.3) is 5.91 Å². The van der Waals surface area contributed by atoms with Crippen LogP contribution < -0.4 is 10.6 Å². The number of amides is 1. The van der Waals surface area contributed by atoms with Gasteiger partial charge in [0.1, 0.15) is 17.8 Å². The van der Waals surface area contributed by atoms with Crippen LogP contribution >= 0.6 is 0 Å². The number of aromatic nitrogens is 2. The molecule has 0 unspecified atom stereocenters. The summed E-state index contributed by atoms with van der Waals surface area (Å²) < 4.78 is 0.